The number of carbonyl (C=O) groups is 1. The fourth-order valence-electron chi connectivity index (χ4n) is 3.78. The van der Waals surface area contributed by atoms with Crippen LogP contribution in [0, 0.1) is 11.2 Å². The first-order valence-corrected chi connectivity index (χ1v) is 9.64. The Labute approximate surface area is 172 Å². The van der Waals surface area contributed by atoms with Crippen LogP contribution in [0.3, 0.4) is 0 Å². The lowest BCUT2D eigenvalue weighted by molar-refractivity contribution is -0.218. The molecule has 162 valence electrons. The molecule has 1 amide bonds. The number of hydrogen-bond acceptors (Lipinski definition) is 3. The summed E-state index contributed by atoms with van der Waals surface area (Å²) in [4.78, 5) is 14.5. The van der Waals surface area contributed by atoms with E-state index in [2.05, 4.69) is 5.32 Å². The van der Waals surface area contributed by atoms with E-state index in [0.29, 0.717) is 12.1 Å². The molecular weight excluding hydrogens is 400 g/mol. The van der Waals surface area contributed by atoms with Crippen molar-refractivity contribution in [2.45, 2.75) is 32.1 Å². The summed E-state index contributed by atoms with van der Waals surface area (Å²) in [6, 6.07) is 12.4. The molecule has 0 aliphatic carbocycles. The first-order valence-electron chi connectivity index (χ1n) is 9.64. The van der Waals surface area contributed by atoms with Crippen LogP contribution in [0.15, 0.2) is 48.5 Å². The van der Waals surface area contributed by atoms with Gasteiger partial charge in [0.2, 0.25) is 5.91 Å². The maximum Gasteiger partial charge on any atom is 0.404 e. The molecule has 4 nitrogen and oxygen atoms in total. The van der Waals surface area contributed by atoms with Gasteiger partial charge in [0.15, 0.2) is 17.0 Å². The SMILES string of the molecule is COc1ccc(C(C)NC(=O)C2(C(F)(F)F)CCN(Cc3ccccc3)C2)cc1F. The second kappa shape index (κ2) is 8.63. The second-order valence-corrected chi connectivity index (χ2v) is 7.62. The molecule has 1 fully saturated rings. The van der Waals surface area contributed by atoms with Gasteiger partial charge in [-0.05, 0) is 43.1 Å². The summed E-state index contributed by atoms with van der Waals surface area (Å²) in [5.74, 6) is -1.71. The van der Waals surface area contributed by atoms with Crippen LogP contribution >= 0.6 is 0 Å². The first kappa shape index (κ1) is 22.1. The Bertz CT molecular complexity index is 888. The number of alkyl halides is 3. The lowest BCUT2D eigenvalue weighted by Crippen LogP contribution is -2.52. The molecule has 0 aromatic heterocycles. The van der Waals surface area contributed by atoms with Gasteiger partial charge in [-0.1, -0.05) is 36.4 Å². The van der Waals surface area contributed by atoms with Gasteiger partial charge in [0, 0.05) is 13.1 Å². The maximum absolute atomic E-state index is 14.0. The number of benzene rings is 2. The predicted molar refractivity (Wildman–Crippen MR) is 104 cm³/mol. The average Bonchev–Trinajstić information content (AvgIpc) is 3.14. The number of nitrogens with one attached hydrogen (secondary N) is 1. The van der Waals surface area contributed by atoms with Crippen LogP contribution in [0.5, 0.6) is 5.75 Å². The zero-order valence-corrected chi connectivity index (χ0v) is 16.8. The van der Waals surface area contributed by atoms with Crippen molar-refractivity contribution < 1.29 is 27.1 Å². The van der Waals surface area contributed by atoms with Crippen LogP contribution in [0.25, 0.3) is 0 Å². The summed E-state index contributed by atoms with van der Waals surface area (Å²) in [5, 5.41) is 2.44. The predicted octanol–water partition coefficient (Wildman–Crippen LogP) is 4.47. The molecule has 1 N–H and O–H groups in total. The third-order valence-electron chi connectivity index (χ3n) is 5.60. The molecule has 2 aromatic rings. The van der Waals surface area contributed by atoms with Crippen LogP contribution in [0.1, 0.15) is 30.5 Å². The van der Waals surface area contributed by atoms with Crippen molar-refractivity contribution in [2.75, 3.05) is 20.2 Å². The van der Waals surface area contributed by atoms with Crippen molar-refractivity contribution in [3.05, 3.63) is 65.5 Å². The first-order chi connectivity index (χ1) is 14.2. The van der Waals surface area contributed by atoms with Gasteiger partial charge >= 0.3 is 6.18 Å². The maximum atomic E-state index is 14.0. The molecule has 0 radical (unpaired) electrons. The van der Waals surface area contributed by atoms with Gasteiger partial charge in [-0.25, -0.2) is 4.39 Å². The van der Waals surface area contributed by atoms with Gasteiger partial charge in [-0.2, -0.15) is 13.2 Å². The van der Waals surface area contributed by atoms with E-state index in [9.17, 15) is 22.4 Å². The fraction of sp³-hybridized carbons (Fsp3) is 0.409. The van der Waals surface area contributed by atoms with E-state index in [-0.39, 0.29) is 18.7 Å². The summed E-state index contributed by atoms with van der Waals surface area (Å²) < 4.78 is 60.9. The molecule has 1 saturated heterocycles. The molecule has 2 aromatic carbocycles. The van der Waals surface area contributed by atoms with Crippen LogP contribution in [0.2, 0.25) is 0 Å². The van der Waals surface area contributed by atoms with Gasteiger partial charge in [-0.15, -0.1) is 0 Å². The van der Waals surface area contributed by atoms with Crippen LogP contribution < -0.4 is 10.1 Å². The van der Waals surface area contributed by atoms with Crippen molar-refractivity contribution >= 4 is 5.91 Å². The Morgan fingerprint density at radius 2 is 1.93 bits per heavy atom. The van der Waals surface area contributed by atoms with E-state index < -0.39 is 35.9 Å². The highest BCUT2D eigenvalue weighted by atomic mass is 19.4. The Morgan fingerprint density at radius 3 is 2.53 bits per heavy atom. The van der Waals surface area contributed by atoms with E-state index in [4.69, 9.17) is 4.74 Å². The van der Waals surface area contributed by atoms with E-state index in [1.165, 1.54) is 26.2 Å². The van der Waals surface area contributed by atoms with E-state index in [0.717, 1.165) is 11.6 Å². The van der Waals surface area contributed by atoms with Crippen molar-refractivity contribution in [3.63, 3.8) is 0 Å². The summed E-state index contributed by atoms with van der Waals surface area (Å²) >= 11 is 0. The summed E-state index contributed by atoms with van der Waals surface area (Å²) in [6.07, 6.45) is -5.02. The Hall–Kier alpha value is -2.61. The van der Waals surface area contributed by atoms with E-state index in [1.807, 2.05) is 30.3 Å². The normalized spacial score (nSPS) is 20.7. The monoisotopic (exact) mass is 424 g/mol. The molecule has 30 heavy (non-hydrogen) atoms. The summed E-state index contributed by atoms with van der Waals surface area (Å²) in [6.45, 7) is 1.61. The van der Waals surface area contributed by atoms with Gasteiger partial charge in [0.1, 0.15) is 0 Å². The number of hydrogen-bond donors (Lipinski definition) is 1. The molecule has 1 aliphatic heterocycles. The van der Waals surface area contributed by atoms with Crippen molar-refractivity contribution in [3.8, 4) is 5.75 Å². The lowest BCUT2D eigenvalue weighted by Gasteiger charge is -2.32. The molecule has 0 bridgehead atoms. The minimum absolute atomic E-state index is 0.0244. The highest BCUT2D eigenvalue weighted by Crippen LogP contribution is 2.46. The van der Waals surface area contributed by atoms with Gasteiger partial charge in [0.25, 0.3) is 0 Å². The average molecular weight is 424 g/mol. The highest BCUT2D eigenvalue weighted by molar-refractivity contribution is 5.84. The number of likely N-dealkylation sites (tertiary alicyclic amines) is 1. The Kier molecular flexibility index (Phi) is 6.36. The van der Waals surface area contributed by atoms with Crippen molar-refractivity contribution in [1.29, 1.82) is 0 Å². The quantitative estimate of drug-likeness (QED) is 0.696. The van der Waals surface area contributed by atoms with Gasteiger partial charge in [0.05, 0.1) is 13.2 Å². The van der Waals surface area contributed by atoms with Gasteiger partial charge < -0.3 is 10.1 Å². The van der Waals surface area contributed by atoms with Crippen molar-refractivity contribution in [2.24, 2.45) is 5.41 Å². The standard InChI is InChI=1S/C22H24F4N2O2/c1-15(17-8-9-19(30-2)18(23)12-17)27-20(29)21(22(24,25)26)10-11-28(14-21)13-16-6-4-3-5-7-16/h3-9,12,15H,10-11,13-14H2,1-2H3,(H,27,29). The topological polar surface area (TPSA) is 41.6 Å². The zero-order chi connectivity index (χ0) is 21.9. The van der Waals surface area contributed by atoms with E-state index in [1.54, 1.807) is 4.90 Å². The lowest BCUT2D eigenvalue weighted by atomic mass is 9.84. The molecular formula is C22H24F4N2O2. The largest absolute Gasteiger partial charge is 0.494 e. The number of carbonyl (C=O) groups excluding carboxylic acids is 1. The number of methoxy groups -OCH3 is 1. The Balaban J connectivity index is 1.75. The summed E-state index contributed by atoms with van der Waals surface area (Å²) in [5.41, 5.74) is -1.25. The molecule has 1 heterocycles. The van der Waals surface area contributed by atoms with Crippen LogP contribution in [-0.2, 0) is 11.3 Å². The molecule has 0 saturated carbocycles. The molecule has 8 heteroatoms. The number of nitrogens with zero attached hydrogens (tertiary/aromatic N) is 1. The number of amides is 1. The molecule has 2 unspecified atom stereocenters. The second-order valence-electron chi connectivity index (χ2n) is 7.62. The molecule has 1 aliphatic rings. The Morgan fingerprint density at radius 1 is 1.23 bits per heavy atom. The van der Waals surface area contributed by atoms with Gasteiger partial charge in [-0.3, -0.25) is 9.69 Å². The number of halogens is 4. The highest BCUT2D eigenvalue weighted by Gasteiger charge is 2.63. The smallest absolute Gasteiger partial charge is 0.404 e. The third kappa shape index (κ3) is 4.43. The van der Waals surface area contributed by atoms with Crippen molar-refractivity contribution in [1.82, 2.24) is 10.2 Å². The molecule has 3 rings (SSSR count). The molecule has 0 spiro atoms. The number of ether oxygens (including phenoxy) is 1. The zero-order valence-electron chi connectivity index (χ0n) is 16.8. The third-order valence-corrected chi connectivity index (χ3v) is 5.60. The van der Waals surface area contributed by atoms with Crippen LogP contribution in [0.4, 0.5) is 17.6 Å². The minimum atomic E-state index is -4.70. The molecule has 2 atom stereocenters. The number of rotatable bonds is 6. The van der Waals surface area contributed by atoms with Crippen LogP contribution in [-0.4, -0.2) is 37.2 Å². The minimum Gasteiger partial charge on any atom is -0.494 e. The summed E-state index contributed by atoms with van der Waals surface area (Å²) in [7, 11) is 1.32. The fourth-order valence-corrected chi connectivity index (χ4v) is 3.78. The van der Waals surface area contributed by atoms with E-state index >= 15 is 0 Å².